The van der Waals surface area contributed by atoms with Gasteiger partial charge in [0.15, 0.2) is 0 Å². The van der Waals surface area contributed by atoms with Crippen LogP contribution in [0, 0.1) is 0 Å². The molecule has 0 amide bonds. The van der Waals surface area contributed by atoms with E-state index < -0.39 is 6.10 Å². The number of hydrogen-bond acceptors (Lipinski definition) is 4. The fourth-order valence-electron chi connectivity index (χ4n) is 2.46. The first-order valence-corrected chi connectivity index (χ1v) is 6.02. The number of aliphatic imine (C=N–C) groups is 1. The maximum absolute atomic E-state index is 9.67. The van der Waals surface area contributed by atoms with E-state index in [-0.39, 0.29) is 11.6 Å². The highest BCUT2D eigenvalue weighted by atomic mass is 16.5. The van der Waals surface area contributed by atoms with Crippen LogP contribution in [-0.4, -0.2) is 48.1 Å². The third kappa shape index (κ3) is 2.53. The van der Waals surface area contributed by atoms with Gasteiger partial charge in [-0.3, -0.25) is 0 Å². The van der Waals surface area contributed by atoms with Crippen molar-refractivity contribution in [3.05, 3.63) is 11.4 Å². The van der Waals surface area contributed by atoms with Crippen molar-refractivity contribution in [2.45, 2.75) is 51.9 Å². The molecule has 0 aliphatic carbocycles. The van der Waals surface area contributed by atoms with Crippen molar-refractivity contribution < 1.29 is 9.84 Å². The van der Waals surface area contributed by atoms with Crippen LogP contribution in [0.25, 0.3) is 0 Å². The Balaban J connectivity index is 3.08. The summed E-state index contributed by atoms with van der Waals surface area (Å²) >= 11 is 0. The van der Waals surface area contributed by atoms with E-state index in [0.717, 1.165) is 24.4 Å². The zero-order valence-electron chi connectivity index (χ0n) is 11.5. The summed E-state index contributed by atoms with van der Waals surface area (Å²) in [6, 6.07) is 0. The molecule has 0 aromatic carbocycles. The fraction of sp³-hybridized carbons (Fsp3) is 0.769. The van der Waals surface area contributed by atoms with Gasteiger partial charge in [-0.25, -0.2) is 4.99 Å². The van der Waals surface area contributed by atoms with Crippen molar-refractivity contribution >= 4 is 6.72 Å². The number of rotatable bonds is 4. The van der Waals surface area contributed by atoms with E-state index in [4.69, 9.17) is 4.74 Å². The Labute approximate surface area is 104 Å². The van der Waals surface area contributed by atoms with Gasteiger partial charge in [-0.2, -0.15) is 0 Å². The molecule has 1 fully saturated rings. The molecule has 17 heavy (non-hydrogen) atoms. The average molecular weight is 240 g/mol. The van der Waals surface area contributed by atoms with Crippen LogP contribution in [-0.2, 0) is 4.74 Å². The molecule has 0 aromatic rings. The number of methoxy groups -OCH3 is 1. The Kier molecular flexibility index (Phi) is 4.33. The molecule has 1 aliphatic heterocycles. The van der Waals surface area contributed by atoms with Gasteiger partial charge in [0.2, 0.25) is 0 Å². The van der Waals surface area contributed by atoms with Crippen LogP contribution in [0.4, 0.5) is 0 Å². The average Bonchev–Trinajstić information content (AvgIpc) is 2.55. The van der Waals surface area contributed by atoms with Gasteiger partial charge in [-0.05, 0) is 46.4 Å². The van der Waals surface area contributed by atoms with Crippen LogP contribution in [0.2, 0.25) is 0 Å². The molecule has 0 bridgehead atoms. The summed E-state index contributed by atoms with van der Waals surface area (Å²) < 4.78 is 5.50. The van der Waals surface area contributed by atoms with Crippen molar-refractivity contribution in [3.8, 4) is 0 Å². The third-order valence-electron chi connectivity index (χ3n) is 3.77. The predicted octanol–water partition coefficient (Wildman–Crippen LogP) is 1.80. The number of aliphatic hydroxyl groups is 1. The highest BCUT2D eigenvalue weighted by molar-refractivity contribution is 5.32. The van der Waals surface area contributed by atoms with Gasteiger partial charge >= 0.3 is 0 Å². The summed E-state index contributed by atoms with van der Waals surface area (Å²) in [6.45, 7) is 12.4. The van der Waals surface area contributed by atoms with Gasteiger partial charge in [0.25, 0.3) is 0 Å². The standard InChI is InChI=1S/C13H24N2O2/c1-9(10(2)16)12(14-5)15-8-7-11(17-6)13(15,3)4/h10-11,16H,5,7-8H2,1-4,6H3/b12-9-/t10-,11?/m1/s1. The molecule has 2 atom stereocenters. The Bertz CT molecular complexity index is 321. The first-order valence-electron chi connectivity index (χ1n) is 6.02. The Hall–Kier alpha value is -0.870. The Morgan fingerprint density at radius 1 is 1.59 bits per heavy atom. The molecule has 1 rings (SSSR count). The maximum atomic E-state index is 9.67. The zero-order chi connectivity index (χ0) is 13.2. The highest BCUT2D eigenvalue weighted by Crippen LogP contribution is 2.35. The van der Waals surface area contributed by atoms with Gasteiger partial charge in [0, 0.05) is 13.7 Å². The lowest BCUT2D eigenvalue weighted by Gasteiger charge is -2.37. The van der Waals surface area contributed by atoms with Crippen molar-refractivity contribution in [2.24, 2.45) is 4.99 Å². The van der Waals surface area contributed by atoms with Crippen molar-refractivity contribution in [2.75, 3.05) is 13.7 Å². The molecule has 1 unspecified atom stereocenters. The minimum atomic E-state index is -0.507. The lowest BCUT2D eigenvalue weighted by molar-refractivity contribution is 0.0290. The first-order chi connectivity index (χ1) is 7.86. The van der Waals surface area contributed by atoms with Crippen LogP contribution in [0.5, 0.6) is 0 Å². The zero-order valence-corrected chi connectivity index (χ0v) is 11.5. The van der Waals surface area contributed by atoms with Crippen LogP contribution >= 0.6 is 0 Å². The van der Waals surface area contributed by atoms with Crippen LogP contribution < -0.4 is 0 Å². The minimum Gasteiger partial charge on any atom is -0.389 e. The second-order valence-corrected chi connectivity index (χ2v) is 5.16. The lowest BCUT2D eigenvalue weighted by atomic mass is 9.98. The molecule has 1 N–H and O–H groups in total. The van der Waals surface area contributed by atoms with E-state index in [1.807, 2.05) is 6.92 Å². The monoisotopic (exact) mass is 240 g/mol. The summed E-state index contributed by atoms with van der Waals surface area (Å²) in [6.07, 6.45) is 0.643. The number of hydrogen-bond donors (Lipinski definition) is 1. The van der Waals surface area contributed by atoms with Crippen LogP contribution in [0.15, 0.2) is 16.4 Å². The SMILES string of the molecule is C=N/C(=C(\C)[C@@H](C)O)N1CCC(OC)C1(C)C. The summed E-state index contributed by atoms with van der Waals surface area (Å²) in [7, 11) is 1.74. The van der Waals surface area contributed by atoms with Crippen molar-refractivity contribution in [1.82, 2.24) is 4.90 Å². The summed E-state index contributed by atoms with van der Waals surface area (Å²) in [4.78, 5) is 6.27. The normalized spacial score (nSPS) is 26.7. The van der Waals surface area contributed by atoms with E-state index in [1.54, 1.807) is 14.0 Å². The van der Waals surface area contributed by atoms with Crippen molar-refractivity contribution in [1.29, 1.82) is 0 Å². The predicted molar refractivity (Wildman–Crippen MR) is 70.1 cm³/mol. The van der Waals surface area contributed by atoms with Crippen LogP contribution in [0.3, 0.4) is 0 Å². The molecule has 0 radical (unpaired) electrons. The molecular formula is C13H24N2O2. The summed E-state index contributed by atoms with van der Waals surface area (Å²) in [5, 5.41) is 9.67. The van der Waals surface area contributed by atoms with Crippen molar-refractivity contribution in [3.63, 3.8) is 0 Å². The second-order valence-electron chi connectivity index (χ2n) is 5.16. The number of likely N-dealkylation sites (tertiary alicyclic amines) is 1. The molecule has 1 saturated heterocycles. The molecule has 0 spiro atoms. The first kappa shape index (κ1) is 14.2. The molecule has 1 heterocycles. The number of nitrogens with zero attached hydrogens (tertiary/aromatic N) is 2. The molecule has 0 saturated carbocycles. The maximum Gasteiger partial charge on any atom is 0.129 e. The Morgan fingerprint density at radius 3 is 2.53 bits per heavy atom. The minimum absolute atomic E-state index is 0.124. The van der Waals surface area contributed by atoms with E-state index >= 15 is 0 Å². The second kappa shape index (κ2) is 5.19. The quantitative estimate of drug-likeness (QED) is 0.762. The summed E-state index contributed by atoms with van der Waals surface area (Å²) in [5.74, 6) is 0.782. The largest absolute Gasteiger partial charge is 0.389 e. The molecular weight excluding hydrogens is 216 g/mol. The van der Waals surface area contributed by atoms with E-state index in [9.17, 15) is 5.11 Å². The highest BCUT2D eigenvalue weighted by Gasteiger charge is 2.43. The van der Waals surface area contributed by atoms with Gasteiger partial charge in [0.05, 0.1) is 17.7 Å². The third-order valence-corrected chi connectivity index (χ3v) is 3.77. The topological polar surface area (TPSA) is 45.1 Å². The molecule has 4 heteroatoms. The van der Waals surface area contributed by atoms with Gasteiger partial charge in [0.1, 0.15) is 5.82 Å². The smallest absolute Gasteiger partial charge is 0.129 e. The van der Waals surface area contributed by atoms with Gasteiger partial charge < -0.3 is 14.7 Å². The fourth-order valence-corrected chi connectivity index (χ4v) is 2.46. The molecule has 1 aliphatic rings. The van der Waals surface area contributed by atoms with E-state index in [1.165, 1.54) is 0 Å². The molecule has 98 valence electrons. The molecule has 4 nitrogen and oxygen atoms in total. The van der Waals surface area contributed by atoms with Crippen LogP contribution in [0.1, 0.15) is 34.1 Å². The number of ether oxygens (including phenoxy) is 1. The lowest BCUT2D eigenvalue weighted by Crippen LogP contribution is -2.45. The Morgan fingerprint density at radius 2 is 2.18 bits per heavy atom. The summed E-state index contributed by atoms with van der Waals surface area (Å²) in [5.41, 5.74) is 0.728. The van der Waals surface area contributed by atoms with E-state index in [0.29, 0.717) is 0 Å². The van der Waals surface area contributed by atoms with Gasteiger partial charge in [-0.1, -0.05) is 0 Å². The molecule has 0 aromatic heterocycles. The number of aliphatic hydroxyl groups excluding tert-OH is 1. The van der Waals surface area contributed by atoms with Gasteiger partial charge in [-0.15, -0.1) is 0 Å². The van der Waals surface area contributed by atoms with E-state index in [2.05, 4.69) is 30.5 Å².